The number of nitrogens with zero attached hydrogens (tertiary/aromatic N) is 2. The molecule has 8 heteroatoms. The van der Waals surface area contributed by atoms with E-state index in [2.05, 4.69) is 27.6 Å². The van der Waals surface area contributed by atoms with Gasteiger partial charge in [-0.3, -0.25) is 4.79 Å². The van der Waals surface area contributed by atoms with Gasteiger partial charge in [0.2, 0.25) is 0 Å². The van der Waals surface area contributed by atoms with E-state index in [1.54, 1.807) is 0 Å². The number of rotatable bonds is 6. The summed E-state index contributed by atoms with van der Waals surface area (Å²) in [5.41, 5.74) is 3.63. The largest absolute Gasteiger partial charge is 0.481 e. The van der Waals surface area contributed by atoms with Gasteiger partial charge in [-0.15, -0.1) is 10.2 Å². The molecule has 1 fully saturated rings. The highest BCUT2D eigenvalue weighted by Gasteiger charge is 2.30. The lowest BCUT2D eigenvalue weighted by Crippen LogP contribution is -2.16. The van der Waals surface area contributed by atoms with E-state index in [1.165, 1.54) is 17.7 Å². The first-order chi connectivity index (χ1) is 16.2. The topological polar surface area (TPSA) is 75.1 Å². The van der Waals surface area contributed by atoms with Crippen LogP contribution in [0.3, 0.4) is 0 Å². The maximum Gasteiger partial charge on any atom is 0.416 e. The van der Waals surface area contributed by atoms with Gasteiger partial charge in [0.1, 0.15) is 0 Å². The second-order valence-corrected chi connectivity index (χ2v) is 8.90. The molecule has 0 unspecified atom stereocenters. The summed E-state index contributed by atoms with van der Waals surface area (Å²) in [7, 11) is 0. The Bertz CT molecular complexity index is 1140. The molecule has 0 amide bonds. The molecule has 34 heavy (non-hydrogen) atoms. The zero-order valence-electron chi connectivity index (χ0n) is 18.8. The lowest BCUT2D eigenvalue weighted by atomic mass is 9.77. The Hall–Kier alpha value is -3.42. The van der Waals surface area contributed by atoms with Crippen molar-refractivity contribution >= 4 is 17.5 Å². The Morgan fingerprint density at radius 2 is 1.65 bits per heavy atom. The van der Waals surface area contributed by atoms with E-state index in [-0.39, 0.29) is 12.3 Å². The van der Waals surface area contributed by atoms with Crippen molar-refractivity contribution in [3.63, 3.8) is 0 Å². The molecule has 1 aliphatic rings. The van der Waals surface area contributed by atoms with Crippen LogP contribution < -0.4 is 5.32 Å². The van der Waals surface area contributed by atoms with Crippen molar-refractivity contribution in [2.24, 2.45) is 5.92 Å². The first-order valence-corrected chi connectivity index (χ1v) is 11.3. The number of carboxylic acid groups (broad SMARTS) is 1. The maximum absolute atomic E-state index is 12.7. The minimum absolute atomic E-state index is 0.257. The summed E-state index contributed by atoms with van der Waals surface area (Å²) in [5.74, 6) is 0.461. The number of anilines is 2. The highest BCUT2D eigenvalue weighted by Crippen LogP contribution is 2.38. The molecule has 0 saturated heterocycles. The van der Waals surface area contributed by atoms with Crippen LogP contribution in [0.5, 0.6) is 0 Å². The molecule has 5 nitrogen and oxygen atoms in total. The Labute approximate surface area is 196 Å². The Kier molecular flexibility index (Phi) is 6.86. The average Bonchev–Trinajstić information content (AvgIpc) is 2.79. The lowest BCUT2D eigenvalue weighted by molar-refractivity contribution is -0.139. The fraction of sp³-hybridized carbons (Fsp3) is 0.346. The smallest absolute Gasteiger partial charge is 0.416 e. The summed E-state index contributed by atoms with van der Waals surface area (Å²) in [6.45, 7) is 1.92. The molecule has 1 heterocycles. The van der Waals surface area contributed by atoms with Crippen molar-refractivity contribution in [3.8, 4) is 11.3 Å². The summed E-state index contributed by atoms with van der Waals surface area (Å²) < 4.78 is 38.2. The SMILES string of the molecule is Cc1cc(Nc2ccc(C(F)(F)F)cc2)nnc1-c1ccc(C2CCC(CC(=O)O)CC2)cc1. The van der Waals surface area contributed by atoms with E-state index in [0.29, 0.717) is 17.4 Å². The molecule has 0 spiro atoms. The summed E-state index contributed by atoms with van der Waals surface area (Å²) >= 11 is 0. The van der Waals surface area contributed by atoms with Gasteiger partial charge in [0.25, 0.3) is 0 Å². The number of aromatic nitrogens is 2. The van der Waals surface area contributed by atoms with Gasteiger partial charge < -0.3 is 10.4 Å². The fourth-order valence-electron chi connectivity index (χ4n) is 4.58. The van der Waals surface area contributed by atoms with Gasteiger partial charge in [-0.05, 0) is 85.9 Å². The zero-order chi connectivity index (χ0) is 24.3. The van der Waals surface area contributed by atoms with E-state index in [0.717, 1.165) is 54.6 Å². The Morgan fingerprint density at radius 3 is 2.21 bits per heavy atom. The van der Waals surface area contributed by atoms with Crippen LogP contribution in [-0.4, -0.2) is 21.3 Å². The molecule has 1 aromatic heterocycles. The Morgan fingerprint density at radius 1 is 1.00 bits per heavy atom. The molecular formula is C26H26F3N3O2. The predicted molar refractivity (Wildman–Crippen MR) is 124 cm³/mol. The highest BCUT2D eigenvalue weighted by molar-refractivity contribution is 5.67. The van der Waals surface area contributed by atoms with E-state index in [4.69, 9.17) is 5.11 Å². The van der Waals surface area contributed by atoms with Crippen molar-refractivity contribution in [1.82, 2.24) is 10.2 Å². The molecule has 0 aliphatic heterocycles. The van der Waals surface area contributed by atoms with Crippen molar-refractivity contribution in [3.05, 3.63) is 71.3 Å². The van der Waals surface area contributed by atoms with Crippen molar-refractivity contribution in [1.29, 1.82) is 0 Å². The molecule has 178 valence electrons. The third kappa shape index (κ3) is 5.73. The van der Waals surface area contributed by atoms with Crippen LogP contribution in [0, 0.1) is 12.8 Å². The molecule has 0 atom stereocenters. The Balaban J connectivity index is 1.40. The molecule has 1 saturated carbocycles. The zero-order valence-corrected chi connectivity index (χ0v) is 18.8. The van der Waals surface area contributed by atoms with Crippen LogP contribution in [0.1, 0.15) is 54.7 Å². The summed E-state index contributed by atoms with van der Waals surface area (Å²) in [6, 6.07) is 14.9. The van der Waals surface area contributed by atoms with Gasteiger partial charge in [-0.25, -0.2) is 0 Å². The third-order valence-corrected chi connectivity index (χ3v) is 6.43. The monoisotopic (exact) mass is 469 g/mol. The number of alkyl halides is 3. The minimum Gasteiger partial charge on any atom is -0.481 e. The standard InChI is InChI=1S/C26H26F3N3O2/c1-16-14-23(30-22-12-10-21(11-13-22)26(27,28)29)31-32-25(16)20-8-6-19(7-9-20)18-4-2-17(3-5-18)15-24(33)34/h6-14,17-18H,2-5,15H2,1H3,(H,30,31)(H,33,34). The van der Waals surface area contributed by atoms with E-state index in [1.807, 2.05) is 25.1 Å². The van der Waals surface area contributed by atoms with E-state index in [9.17, 15) is 18.0 Å². The van der Waals surface area contributed by atoms with E-state index >= 15 is 0 Å². The first-order valence-electron chi connectivity index (χ1n) is 11.3. The van der Waals surface area contributed by atoms with Gasteiger partial charge in [0.05, 0.1) is 11.3 Å². The van der Waals surface area contributed by atoms with E-state index < -0.39 is 17.7 Å². The normalized spacial score (nSPS) is 18.5. The summed E-state index contributed by atoms with van der Waals surface area (Å²) in [5, 5.41) is 20.5. The molecule has 1 aliphatic carbocycles. The molecule has 3 aromatic rings. The second kappa shape index (κ2) is 9.83. The van der Waals surface area contributed by atoms with Crippen molar-refractivity contribution in [2.75, 3.05) is 5.32 Å². The third-order valence-electron chi connectivity index (χ3n) is 6.43. The van der Waals surface area contributed by atoms with Gasteiger partial charge >= 0.3 is 12.1 Å². The molecule has 2 aromatic carbocycles. The van der Waals surface area contributed by atoms with Gasteiger partial charge in [0, 0.05) is 17.7 Å². The number of aryl methyl sites for hydroxylation is 1. The highest BCUT2D eigenvalue weighted by atomic mass is 19.4. The van der Waals surface area contributed by atoms with Crippen LogP contribution in [0.2, 0.25) is 0 Å². The quantitative estimate of drug-likeness (QED) is 0.408. The first kappa shape index (κ1) is 23.7. The lowest BCUT2D eigenvalue weighted by Gasteiger charge is -2.28. The van der Waals surface area contributed by atoms with Crippen LogP contribution in [0.15, 0.2) is 54.6 Å². The molecule has 2 N–H and O–H groups in total. The number of carbonyl (C=O) groups is 1. The maximum atomic E-state index is 12.7. The number of aliphatic carboxylic acids is 1. The van der Waals surface area contributed by atoms with Crippen LogP contribution in [0.4, 0.5) is 24.7 Å². The van der Waals surface area contributed by atoms with Crippen LogP contribution in [-0.2, 0) is 11.0 Å². The predicted octanol–water partition coefficient (Wildman–Crippen LogP) is 6.96. The molecule has 0 bridgehead atoms. The molecule has 4 rings (SSSR count). The summed E-state index contributed by atoms with van der Waals surface area (Å²) in [6.07, 6.45) is -0.229. The second-order valence-electron chi connectivity index (χ2n) is 8.90. The fourth-order valence-corrected chi connectivity index (χ4v) is 4.58. The number of hydrogen-bond acceptors (Lipinski definition) is 4. The van der Waals surface area contributed by atoms with Crippen LogP contribution >= 0.6 is 0 Å². The van der Waals surface area contributed by atoms with Crippen molar-refractivity contribution < 1.29 is 23.1 Å². The number of benzene rings is 2. The van der Waals surface area contributed by atoms with Crippen molar-refractivity contribution in [2.45, 2.75) is 51.1 Å². The summed E-state index contributed by atoms with van der Waals surface area (Å²) in [4.78, 5) is 10.9. The average molecular weight is 470 g/mol. The molecule has 0 radical (unpaired) electrons. The number of carboxylic acids is 1. The van der Waals surface area contributed by atoms with Gasteiger partial charge in [0.15, 0.2) is 5.82 Å². The van der Waals surface area contributed by atoms with Gasteiger partial charge in [-0.2, -0.15) is 13.2 Å². The number of halogens is 3. The number of hydrogen-bond donors (Lipinski definition) is 2. The molecular weight excluding hydrogens is 443 g/mol. The van der Waals surface area contributed by atoms with Gasteiger partial charge in [-0.1, -0.05) is 24.3 Å². The van der Waals surface area contributed by atoms with Crippen LogP contribution in [0.25, 0.3) is 11.3 Å². The minimum atomic E-state index is -4.37. The number of nitrogens with one attached hydrogen (secondary N) is 1.